The average Bonchev–Trinajstić information content (AvgIpc) is 2.86. The number of aliphatic carboxylic acids is 1. The standard InChI is InChI=1S/C16H22F3NO3/c1-9(2)7-10(14(22)23)20-11-8-15(5-3-4-6-15)12(11)13(21)16(17,18)19/h9-10,20H,3-8H2,1-2H3,(H,22,23). The van der Waals surface area contributed by atoms with E-state index < -0.39 is 29.4 Å². The molecule has 0 amide bonds. The van der Waals surface area contributed by atoms with E-state index >= 15 is 0 Å². The van der Waals surface area contributed by atoms with Gasteiger partial charge in [-0.05, 0) is 31.6 Å². The number of hydrogen-bond acceptors (Lipinski definition) is 3. The summed E-state index contributed by atoms with van der Waals surface area (Å²) in [5.74, 6) is -2.86. The third-order valence-electron chi connectivity index (χ3n) is 4.75. The highest BCUT2D eigenvalue weighted by Gasteiger charge is 2.56. The van der Waals surface area contributed by atoms with Crippen molar-refractivity contribution in [2.24, 2.45) is 11.3 Å². The van der Waals surface area contributed by atoms with Gasteiger partial charge in [0, 0.05) is 16.7 Å². The Labute approximate surface area is 133 Å². The van der Waals surface area contributed by atoms with Crippen molar-refractivity contribution >= 4 is 11.8 Å². The minimum absolute atomic E-state index is 0.0754. The third-order valence-corrected chi connectivity index (χ3v) is 4.75. The van der Waals surface area contributed by atoms with Gasteiger partial charge in [-0.1, -0.05) is 26.7 Å². The third kappa shape index (κ3) is 3.53. The Hall–Kier alpha value is -1.53. The number of alkyl halides is 3. The van der Waals surface area contributed by atoms with E-state index in [1.807, 2.05) is 13.8 Å². The van der Waals surface area contributed by atoms with Crippen molar-refractivity contribution in [1.82, 2.24) is 5.32 Å². The second-order valence-corrected chi connectivity index (χ2v) is 7.01. The summed E-state index contributed by atoms with van der Waals surface area (Å²) in [5.41, 5.74) is -0.754. The molecule has 0 aromatic rings. The monoisotopic (exact) mass is 333 g/mol. The molecule has 0 bridgehead atoms. The number of allylic oxidation sites excluding steroid dienone is 2. The molecule has 1 unspecified atom stereocenters. The van der Waals surface area contributed by atoms with E-state index in [2.05, 4.69) is 5.32 Å². The van der Waals surface area contributed by atoms with Crippen LogP contribution in [-0.2, 0) is 9.59 Å². The zero-order valence-electron chi connectivity index (χ0n) is 13.3. The Bertz CT molecular complexity index is 531. The van der Waals surface area contributed by atoms with Gasteiger partial charge in [0.1, 0.15) is 6.04 Å². The predicted octanol–water partition coefficient (Wildman–Crippen LogP) is 3.42. The molecule has 1 saturated carbocycles. The Kier molecular flexibility index (Phi) is 4.78. The van der Waals surface area contributed by atoms with E-state index in [0.717, 1.165) is 12.8 Å². The molecule has 1 atom stereocenters. The Morgan fingerprint density at radius 1 is 1.26 bits per heavy atom. The first-order valence-corrected chi connectivity index (χ1v) is 7.91. The van der Waals surface area contributed by atoms with Gasteiger partial charge in [0.05, 0.1) is 0 Å². The van der Waals surface area contributed by atoms with Crippen LogP contribution in [0.4, 0.5) is 13.2 Å². The zero-order valence-corrected chi connectivity index (χ0v) is 13.3. The maximum absolute atomic E-state index is 12.9. The van der Waals surface area contributed by atoms with E-state index in [-0.39, 0.29) is 17.2 Å². The number of carbonyl (C=O) groups excluding carboxylic acids is 1. The minimum Gasteiger partial charge on any atom is -0.480 e. The Morgan fingerprint density at radius 2 is 1.83 bits per heavy atom. The summed E-state index contributed by atoms with van der Waals surface area (Å²) < 4.78 is 38.7. The molecule has 130 valence electrons. The van der Waals surface area contributed by atoms with Crippen LogP contribution in [-0.4, -0.2) is 29.1 Å². The first-order chi connectivity index (χ1) is 10.6. The molecule has 0 aliphatic heterocycles. The van der Waals surface area contributed by atoms with Crippen LogP contribution in [0.3, 0.4) is 0 Å². The number of carboxylic acid groups (broad SMARTS) is 1. The first-order valence-electron chi connectivity index (χ1n) is 7.91. The molecule has 0 aromatic carbocycles. The van der Waals surface area contributed by atoms with Crippen molar-refractivity contribution in [3.05, 3.63) is 11.3 Å². The number of Topliss-reactive ketones (excluding diaryl/α,β-unsaturated/α-hetero) is 1. The normalized spacial score (nSPS) is 21.5. The molecule has 0 radical (unpaired) electrons. The smallest absolute Gasteiger partial charge is 0.454 e. The minimum atomic E-state index is -4.92. The molecular formula is C16H22F3NO3. The fourth-order valence-corrected chi connectivity index (χ4v) is 3.75. The van der Waals surface area contributed by atoms with Gasteiger partial charge < -0.3 is 10.4 Å². The highest BCUT2D eigenvalue weighted by Crippen LogP contribution is 2.57. The average molecular weight is 333 g/mol. The molecule has 0 saturated heterocycles. The molecule has 0 aromatic heterocycles. The van der Waals surface area contributed by atoms with Crippen LogP contribution in [0.1, 0.15) is 52.4 Å². The predicted molar refractivity (Wildman–Crippen MR) is 77.6 cm³/mol. The molecule has 23 heavy (non-hydrogen) atoms. The first kappa shape index (κ1) is 17.8. The maximum atomic E-state index is 12.9. The van der Waals surface area contributed by atoms with Gasteiger partial charge >= 0.3 is 12.1 Å². The molecule has 2 rings (SSSR count). The molecule has 2 N–H and O–H groups in total. The summed E-state index contributed by atoms with van der Waals surface area (Å²) in [4.78, 5) is 23.1. The van der Waals surface area contributed by atoms with E-state index in [1.54, 1.807) is 0 Å². The van der Waals surface area contributed by atoms with Crippen molar-refractivity contribution in [2.45, 2.75) is 64.6 Å². The van der Waals surface area contributed by atoms with Gasteiger partial charge in [0.25, 0.3) is 5.78 Å². The van der Waals surface area contributed by atoms with Crippen molar-refractivity contribution < 1.29 is 27.9 Å². The summed E-state index contributed by atoms with van der Waals surface area (Å²) >= 11 is 0. The largest absolute Gasteiger partial charge is 0.480 e. The number of carboxylic acids is 1. The fourth-order valence-electron chi connectivity index (χ4n) is 3.75. The number of ketones is 1. The second-order valence-electron chi connectivity index (χ2n) is 7.01. The summed E-state index contributed by atoms with van der Waals surface area (Å²) in [6.07, 6.45) is -1.55. The van der Waals surface area contributed by atoms with E-state index in [4.69, 9.17) is 0 Å². The number of rotatable bonds is 6. The SMILES string of the molecule is CC(C)CC(NC1=C(C(=O)C(F)(F)F)C2(CCCC2)C1)C(=O)O. The molecule has 2 aliphatic rings. The summed E-state index contributed by atoms with van der Waals surface area (Å²) in [6, 6.07) is -0.972. The van der Waals surface area contributed by atoms with Crippen LogP contribution in [0, 0.1) is 11.3 Å². The van der Waals surface area contributed by atoms with Crippen molar-refractivity contribution in [1.29, 1.82) is 0 Å². The summed E-state index contributed by atoms with van der Waals surface area (Å²) in [6.45, 7) is 3.68. The Balaban J connectivity index is 2.29. The molecule has 1 spiro atoms. The van der Waals surface area contributed by atoms with Crippen molar-refractivity contribution in [3.8, 4) is 0 Å². The van der Waals surface area contributed by atoms with E-state index in [0.29, 0.717) is 25.7 Å². The number of hydrogen-bond donors (Lipinski definition) is 2. The highest BCUT2D eigenvalue weighted by atomic mass is 19.4. The fraction of sp³-hybridized carbons (Fsp3) is 0.750. The van der Waals surface area contributed by atoms with E-state index in [1.165, 1.54) is 0 Å². The van der Waals surface area contributed by atoms with Gasteiger partial charge in [-0.25, -0.2) is 4.79 Å². The number of halogens is 3. The lowest BCUT2D eigenvalue weighted by Gasteiger charge is -2.44. The molecule has 4 nitrogen and oxygen atoms in total. The number of nitrogens with one attached hydrogen (secondary N) is 1. The van der Waals surface area contributed by atoms with Crippen LogP contribution in [0.25, 0.3) is 0 Å². The molecule has 0 heterocycles. The van der Waals surface area contributed by atoms with Crippen LogP contribution in [0.5, 0.6) is 0 Å². The molecule has 1 fully saturated rings. The summed E-state index contributed by atoms with van der Waals surface area (Å²) in [5, 5.41) is 11.9. The van der Waals surface area contributed by atoms with Crippen LogP contribution < -0.4 is 5.32 Å². The lowest BCUT2D eigenvalue weighted by Crippen LogP contribution is -2.48. The lowest BCUT2D eigenvalue weighted by molar-refractivity contribution is -0.168. The lowest BCUT2D eigenvalue weighted by atomic mass is 9.63. The van der Waals surface area contributed by atoms with Crippen LogP contribution >= 0.6 is 0 Å². The van der Waals surface area contributed by atoms with Crippen molar-refractivity contribution in [2.75, 3.05) is 0 Å². The second kappa shape index (κ2) is 6.17. The molecule has 7 heteroatoms. The van der Waals surface area contributed by atoms with Crippen molar-refractivity contribution in [3.63, 3.8) is 0 Å². The van der Waals surface area contributed by atoms with Crippen LogP contribution in [0.15, 0.2) is 11.3 Å². The van der Waals surface area contributed by atoms with E-state index in [9.17, 15) is 27.9 Å². The topological polar surface area (TPSA) is 66.4 Å². The summed E-state index contributed by atoms with van der Waals surface area (Å²) in [7, 11) is 0. The zero-order chi connectivity index (χ0) is 17.4. The highest BCUT2D eigenvalue weighted by molar-refractivity contribution is 6.03. The quantitative estimate of drug-likeness (QED) is 0.781. The number of carbonyl (C=O) groups is 2. The molecular weight excluding hydrogens is 311 g/mol. The van der Waals surface area contributed by atoms with Crippen LogP contribution in [0.2, 0.25) is 0 Å². The van der Waals surface area contributed by atoms with Gasteiger partial charge in [-0.15, -0.1) is 0 Å². The van der Waals surface area contributed by atoms with Gasteiger partial charge in [-0.3, -0.25) is 4.79 Å². The van der Waals surface area contributed by atoms with Gasteiger partial charge in [0.15, 0.2) is 0 Å². The Morgan fingerprint density at radius 3 is 2.26 bits per heavy atom. The maximum Gasteiger partial charge on any atom is 0.454 e. The van der Waals surface area contributed by atoms with Gasteiger partial charge in [0.2, 0.25) is 0 Å². The molecule has 2 aliphatic carbocycles. The van der Waals surface area contributed by atoms with Gasteiger partial charge in [-0.2, -0.15) is 13.2 Å².